The average molecular weight is 393 g/mol. The number of hydrogen-bond donors (Lipinski definition) is 1. The molecule has 1 aromatic heterocycles. The van der Waals surface area contributed by atoms with Crippen LogP contribution in [0.3, 0.4) is 0 Å². The van der Waals surface area contributed by atoms with Crippen LogP contribution in [-0.2, 0) is 13.2 Å². The first-order valence-electron chi connectivity index (χ1n) is 8.06. The quantitative estimate of drug-likeness (QED) is 0.618. The van der Waals surface area contributed by atoms with Crippen LogP contribution in [0, 0.1) is 0 Å². The number of ether oxygens (including phenoxy) is 2. The van der Waals surface area contributed by atoms with Crippen LogP contribution in [0.15, 0.2) is 49.1 Å². The molecular formula is C18H18Cl2N4O2. The number of nitrogens with one attached hydrogen (secondary N) is 1. The summed E-state index contributed by atoms with van der Waals surface area (Å²) in [6.07, 6.45) is 3.15. The number of benzene rings is 2. The summed E-state index contributed by atoms with van der Waals surface area (Å²) in [7, 11) is 0. The summed E-state index contributed by atoms with van der Waals surface area (Å²) in [5.41, 5.74) is 5.04. The van der Waals surface area contributed by atoms with E-state index in [0.717, 1.165) is 11.1 Å². The molecule has 0 spiro atoms. The van der Waals surface area contributed by atoms with Gasteiger partial charge in [0.1, 0.15) is 19.3 Å². The van der Waals surface area contributed by atoms with Crippen molar-refractivity contribution in [2.75, 3.05) is 12.0 Å². The van der Waals surface area contributed by atoms with Gasteiger partial charge in [-0.2, -0.15) is 0 Å². The molecular weight excluding hydrogens is 375 g/mol. The van der Waals surface area contributed by atoms with Crippen molar-refractivity contribution in [2.45, 2.75) is 20.1 Å². The highest BCUT2D eigenvalue weighted by Gasteiger charge is 2.13. The minimum Gasteiger partial charge on any atom is -0.490 e. The summed E-state index contributed by atoms with van der Waals surface area (Å²) < 4.78 is 13.3. The molecule has 0 radical (unpaired) electrons. The third-order valence-electron chi connectivity index (χ3n) is 3.53. The van der Waals surface area contributed by atoms with Gasteiger partial charge in [0.05, 0.1) is 18.2 Å². The zero-order chi connectivity index (χ0) is 18.4. The lowest BCUT2D eigenvalue weighted by Crippen LogP contribution is -2.12. The maximum absolute atomic E-state index is 6.44. The van der Waals surface area contributed by atoms with Gasteiger partial charge in [-0.05, 0) is 42.3 Å². The number of halogens is 2. The monoisotopic (exact) mass is 392 g/mol. The molecule has 136 valence electrons. The molecule has 0 unspecified atom stereocenters. The van der Waals surface area contributed by atoms with Gasteiger partial charge >= 0.3 is 0 Å². The Bertz CT molecular complexity index is 856. The predicted octanol–water partition coefficient (Wildman–Crippen LogP) is 4.31. The topological polar surface area (TPSA) is 61.2 Å². The molecule has 0 bridgehead atoms. The number of hydrogen-bond acceptors (Lipinski definition) is 5. The maximum atomic E-state index is 6.44. The van der Waals surface area contributed by atoms with Crippen LogP contribution < -0.4 is 14.9 Å². The summed E-state index contributed by atoms with van der Waals surface area (Å²) in [6, 6.07) is 11.2. The van der Waals surface area contributed by atoms with Gasteiger partial charge in [0.15, 0.2) is 11.5 Å². The summed E-state index contributed by atoms with van der Waals surface area (Å²) in [4.78, 5) is 0. The van der Waals surface area contributed by atoms with Crippen LogP contribution in [-0.4, -0.2) is 21.5 Å². The van der Waals surface area contributed by atoms with Crippen molar-refractivity contribution in [2.24, 2.45) is 0 Å². The van der Waals surface area contributed by atoms with E-state index >= 15 is 0 Å². The lowest BCUT2D eigenvalue weighted by atomic mass is 10.2. The molecule has 0 aliphatic rings. The van der Waals surface area contributed by atoms with Gasteiger partial charge in [0.2, 0.25) is 0 Å². The smallest absolute Gasteiger partial charge is 0.180 e. The van der Waals surface area contributed by atoms with Crippen molar-refractivity contribution >= 4 is 23.2 Å². The van der Waals surface area contributed by atoms with Crippen molar-refractivity contribution in [1.82, 2.24) is 14.9 Å². The zero-order valence-corrected chi connectivity index (χ0v) is 15.7. The Hall–Kier alpha value is -2.44. The van der Waals surface area contributed by atoms with Crippen LogP contribution in [0.4, 0.5) is 0 Å². The van der Waals surface area contributed by atoms with E-state index in [1.807, 2.05) is 43.3 Å². The molecule has 3 rings (SSSR count). The molecule has 0 fully saturated rings. The molecule has 0 aliphatic carbocycles. The fraction of sp³-hybridized carbons (Fsp3) is 0.222. The fourth-order valence-electron chi connectivity index (χ4n) is 2.37. The third-order valence-corrected chi connectivity index (χ3v) is 4.04. The first-order valence-corrected chi connectivity index (χ1v) is 8.82. The van der Waals surface area contributed by atoms with Crippen molar-refractivity contribution in [1.29, 1.82) is 0 Å². The van der Waals surface area contributed by atoms with E-state index in [2.05, 4.69) is 15.6 Å². The normalized spacial score (nSPS) is 10.6. The van der Waals surface area contributed by atoms with E-state index in [1.165, 1.54) is 0 Å². The van der Waals surface area contributed by atoms with Crippen molar-refractivity contribution < 1.29 is 9.47 Å². The second-order valence-corrected chi connectivity index (χ2v) is 6.30. The fourth-order valence-corrected chi connectivity index (χ4v) is 2.87. The Balaban J connectivity index is 1.75. The molecule has 6 nitrogen and oxygen atoms in total. The largest absolute Gasteiger partial charge is 0.490 e. The summed E-state index contributed by atoms with van der Waals surface area (Å²) in [5, 5.41) is 8.63. The van der Waals surface area contributed by atoms with E-state index in [9.17, 15) is 0 Å². The second kappa shape index (κ2) is 8.78. The molecule has 0 aliphatic heterocycles. The molecule has 0 saturated heterocycles. The molecule has 0 saturated carbocycles. The van der Waals surface area contributed by atoms with Gasteiger partial charge < -0.3 is 14.9 Å². The average Bonchev–Trinajstić information content (AvgIpc) is 3.13. The predicted molar refractivity (Wildman–Crippen MR) is 101 cm³/mol. The van der Waals surface area contributed by atoms with E-state index < -0.39 is 0 Å². The van der Waals surface area contributed by atoms with Crippen LogP contribution in [0.2, 0.25) is 10.0 Å². The highest BCUT2D eigenvalue weighted by Crippen LogP contribution is 2.37. The lowest BCUT2D eigenvalue weighted by Gasteiger charge is -2.16. The van der Waals surface area contributed by atoms with E-state index in [0.29, 0.717) is 41.3 Å². The first-order chi connectivity index (χ1) is 12.7. The highest BCUT2D eigenvalue weighted by molar-refractivity contribution is 6.32. The van der Waals surface area contributed by atoms with Gasteiger partial charge in [0.25, 0.3) is 0 Å². The molecule has 26 heavy (non-hydrogen) atoms. The maximum Gasteiger partial charge on any atom is 0.180 e. The van der Waals surface area contributed by atoms with Crippen LogP contribution in [0.5, 0.6) is 11.5 Å². The molecule has 8 heteroatoms. The Morgan fingerprint density at radius 3 is 2.58 bits per heavy atom. The van der Waals surface area contributed by atoms with Crippen LogP contribution in [0.25, 0.3) is 0 Å². The van der Waals surface area contributed by atoms with Crippen molar-refractivity contribution in [3.8, 4) is 11.5 Å². The summed E-state index contributed by atoms with van der Waals surface area (Å²) >= 11 is 12.5. The van der Waals surface area contributed by atoms with E-state index in [-0.39, 0.29) is 0 Å². The van der Waals surface area contributed by atoms with Gasteiger partial charge in [-0.3, -0.25) is 0 Å². The Kier molecular flexibility index (Phi) is 6.20. The molecule has 1 heterocycles. The standard InChI is InChI=1S/C18H18Cl2N4O2/c1-2-25-17-8-14(9-23-24-11-21-22-12-24)7-16(20)18(17)26-10-13-4-3-5-15(19)6-13/h3-8,11-12,23H,2,9-10H2,1H3. The number of nitrogens with zero attached hydrogens (tertiary/aromatic N) is 3. The van der Waals surface area contributed by atoms with Crippen molar-refractivity contribution in [3.63, 3.8) is 0 Å². The molecule has 0 amide bonds. The van der Waals surface area contributed by atoms with E-state index in [4.69, 9.17) is 32.7 Å². The molecule has 3 aromatic rings. The third kappa shape index (κ3) is 4.80. The Labute approximate surface area is 161 Å². The molecule has 2 aromatic carbocycles. The van der Waals surface area contributed by atoms with Gasteiger partial charge in [-0.1, -0.05) is 35.3 Å². The summed E-state index contributed by atoms with van der Waals surface area (Å²) in [6.45, 7) is 3.30. The lowest BCUT2D eigenvalue weighted by molar-refractivity contribution is 0.269. The van der Waals surface area contributed by atoms with Gasteiger partial charge in [-0.15, -0.1) is 10.2 Å². The van der Waals surface area contributed by atoms with Crippen LogP contribution in [0.1, 0.15) is 18.1 Å². The minimum absolute atomic E-state index is 0.346. The number of aromatic nitrogens is 3. The van der Waals surface area contributed by atoms with E-state index in [1.54, 1.807) is 17.3 Å². The molecule has 0 atom stereocenters. The highest BCUT2D eigenvalue weighted by atomic mass is 35.5. The van der Waals surface area contributed by atoms with Gasteiger partial charge in [0, 0.05) is 5.02 Å². The Morgan fingerprint density at radius 2 is 1.85 bits per heavy atom. The first kappa shape index (κ1) is 18.4. The molecule has 1 N–H and O–H groups in total. The summed E-state index contributed by atoms with van der Waals surface area (Å²) in [5.74, 6) is 1.11. The Morgan fingerprint density at radius 1 is 1.04 bits per heavy atom. The zero-order valence-electron chi connectivity index (χ0n) is 14.2. The van der Waals surface area contributed by atoms with Crippen molar-refractivity contribution in [3.05, 3.63) is 70.2 Å². The second-order valence-electron chi connectivity index (χ2n) is 5.46. The number of rotatable bonds is 8. The minimum atomic E-state index is 0.346. The van der Waals surface area contributed by atoms with Gasteiger partial charge in [-0.25, -0.2) is 4.68 Å². The SMILES string of the molecule is CCOc1cc(CNn2cnnc2)cc(Cl)c1OCc1cccc(Cl)c1. The van der Waals surface area contributed by atoms with Crippen LogP contribution >= 0.6 is 23.2 Å².